The Bertz CT molecular complexity index is 442. The number of esters is 1. The van der Waals surface area contributed by atoms with Crippen LogP contribution in [0.25, 0.3) is 0 Å². The zero-order valence-corrected chi connectivity index (χ0v) is 10.9. The van der Waals surface area contributed by atoms with Crippen molar-refractivity contribution in [3.05, 3.63) is 30.1 Å². The summed E-state index contributed by atoms with van der Waals surface area (Å²) in [6.45, 7) is 2.84. The molecule has 2 heterocycles. The molecule has 1 fully saturated rings. The molecule has 1 saturated heterocycles. The van der Waals surface area contributed by atoms with Gasteiger partial charge in [-0.05, 0) is 12.1 Å². The zero-order valence-electron chi connectivity index (χ0n) is 10.9. The van der Waals surface area contributed by atoms with Crippen LogP contribution in [0, 0.1) is 0 Å². The molecule has 102 valence electrons. The molecule has 1 aromatic heterocycles. The highest BCUT2D eigenvalue weighted by Crippen LogP contribution is 2.06. The third kappa shape index (κ3) is 3.51. The molecule has 0 bridgehead atoms. The highest BCUT2D eigenvalue weighted by atomic mass is 16.5. The monoisotopic (exact) mass is 263 g/mol. The largest absolute Gasteiger partial charge is 0.468 e. The van der Waals surface area contributed by atoms with Crippen molar-refractivity contribution in [2.75, 3.05) is 39.8 Å². The Hall–Kier alpha value is -1.95. The number of rotatable bonds is 3. The Morgan fingerprint density at radius 1 is 1.26 bits per heavy atom. The Labute approximate surface area is 112 Å². The van der Waals surface area contributed by atoms with Gasteiger partial charge in [0.2, 0.25) is 0 Å². The summed E-state index contributed by atoms with van der Waals surface area (Å²) in [4.78, 5) is 31.1. The van der Waals surface area contributed by atoms with Gasteiger partial charge < -0.3 is 9.64 Å². The van der Waals surface area contributed by atoms with E-state index in [1.165, 1.54) is 7.11 Å². The van der Waals surface area contributed by atoms with E-state index in [0.717, 1.165) is 0 Å². The minimum Gasteiger partial charge on any atom is -0.468 e. The zero-order chi connectivity index (χ0) is 13.7. The van der Waals surface area contributed by atoms with Crippen molar-refractivity contribution >= 4 is 11.9 Å². The maximum Gasteiger partial charge on any atom is 0.319 e. The third-order valence-corrected chi connectivity index (χ3v) is 3.12. The quantitative estimate of drug-likeness (QED) is 0.719. The smallest absolute Gasteiger partial charge is 0.319 e. The molecule has 1 aromatic rings. The Morgan fingerprint density at radius 3 is 2.58 bits per heavy atom. The summed E-state index contributed by atoms with van der Waals surface area (Å²) in [6.07, 6.45) is 1.61. The van der Waals surface area contributed by atoms with E-state index in [1.54, 1.807) is 29.3 Å². The first kappa shape index (κ1) is 13.5. The van der Waals surface area contributed by atoms with Gasteiger partial charge in [-0.15, -0.1) is 0 Å². The summed E-state index contributed by atoms with van der Waals surface area (Å²) >= 11 is 0. The maximum absolute atomic E-state index is 12.1. The lowest BCUT2D eigenvalue weighted by molar-refractivity contribution is -0.142. The van der Waals surface area contributed by atoms with Crippen LogP contribution in [0.2, 0.25) is 0 Å². The molecule has 6 nitrogen and oxygen atoms in total. The van der Waals surface area contributed by atoms with E-state index in [9.17, 15) is 9.59 Å². The topological polar surface area (TPSA) is 62.7 Å². The van der Waals surface area contributed by atoms with Crippen LogP contribution in [-0.2, 0) is 9.53 Å². The van der Waals surface area contributed by atoms with E-state index in [4.69, 9.17) is 0 Å². The summed E-state index contributed by atoms with van der Waals surface area (Å²) in [5.41, 5.74) is 0.462. The third-order valence-electron chi connectivity index (χ3n) is 3.12. The molecule has 0 aromatic carbocycles. The van der Waals surface area contributed by atoms with Gasteiger partial charge >= 0.3 is 5.97 Å². The minimum atomic E-state index is -0.246. The second-order valence-electron chi connectivity index (χ2n) is 4.36. The normalized spacial score (nSPS) is 16.2. The van der Waals surface area contributed by atoms with Crippen LogP contribution in [0.5, 0.6) is 0 Å². The van der Waals surface area contributed by atoms with Crippen molar-refractivity contribution in [1.29, 1.82) is 0 Å². The lowest BCUT2D eigenvalue weighted by Crippen LogP contribution is -2.50. The number of carbonyl (C=O) groups excluding carboxylic acids is 2. The molecular formula is C13H17N3O3. The van der Waals surface area contributed by atoms with Crippen LogP contribution in [0.4, 0.5) is 0 Å². The summed E-state index contributed by atoms with van der Waals surface area (Å²) in [5.74, 6) is -0.303. The lowest BCUT2D eigenvalue weighted by atomic mass is 10.2. The highest BCUT2D eigenvalue weighted by molar-refractivity contribution is 5.92. The molecule has 0 atom stereocenters. The Morgan fingerprint density at radius 2 is 2.00 bits per heavy atom. The van der Waals surface area contributed by atoms with E-state index in [2.05, 4.69) is 9.72 Å². The van der Waals surface area contributed by atoms with Crippen LogP contribution >= 0.6 is 0 Å². The average Bonchev–Trinajstić information content (AvgIpc) is 2.48. The van der Waals surface area contributed by atoms with Gasteiger partial charge in [0.05, 0.1) is 13.7 Å². The molecule has 0 N–H and O–H groups in total. The molecule has 2 rings (SSSR count). The number of piperazine rings is 1. The van der Waals surface area contributed by atoms with Crippen molar-refractivity contribution in [1.82, 2.24) is 14.8 Å². The predicted octanol–water partition coefficient (Wildman–Crippen LogP) is 0.0124. The molecule has 0 radical (unpaired) electrons. The van der Waals surface area contributed by atoms with E-state index in [1.807, 2.05) is 4.90 Å². The fourth-order valence-corrected chi connectivity index (χ4v) is 2.01. The van der Waals surface area contributed by atoms with E-state index >= 15 is 0 Å². The van der Waals surface area contributed by atoms with Crippen molar-refractivity contribution in [3.8, 4) is 0 Å². The first-order valence-corrected chi connectivity index (χ1v) is 6.20. The van der Waals surface area contributed by atoms with E-state index in [0.29, 0.717) is 31.9 Å². The van der Waals surface area contributed by atoms with Gasteiger partial charge in [-0.3, -0.25) is 19.5 Å². The molecule has 0 saturated carbocycles. The molecule has 1 amide bonds. The number of hydrogen-bond acceptors (Lipinski definition) is 5. The van der Waals surface area contributed by atoms with Gasteiger partial charge in [0, 0.05) is 32.4 Å². The summed E-state index contributed by atoms with van der Waals surface area (Å²) < 4.78 is 4.63. The molecule has 19 heavy (non-hydrogen) atoms. The second kappa shape index (κ2) is 6.29. The number of carbonyl (C=O) groups is 2. The molecule has 0 unspecified atom stereocenters. The maximum atomic E-state index is 12.1. The predicted molar refractivity (Wildman–Crippen MR) is 68.6 cm³/mol. The van der Waals surface area contributed by atoms with E-state index < -0.39 is 0 Å². The van der Waals surface area contributed by atoms with Crippen LogP contribution < -0.4 is 0 Å². The van der Waals surface area contributed by atoms with Gasteiger partial charge in [0.1, 0.15) is 5.69 Å². The first-order valence-electron chi connectivity index (χ1n) is 6.20. The fourth-order valence-electron chi connectivity index (χ4n) is 2.01. The first-order chi connectivity index (χ1) is 9.20. The van der Waals surface area contributed by atoms with Gasteiger partial charge in [0.25, 0.3) is 5.91 Å². The summed E-state index contributed by atoms with van der Waals surface area (Å²) in [6, 6.07) is 5.29. The molecule has 0 aliphatic carbocycles. The van der Waals surface area contributed by atoms with Crippen LogP contribution in [-0.4, -0.2) is 66.5 Å². The number of amides is 1. The number of pyridine rings is 1. The SMILES string of the molecule is COC(=O)CN1CCN(C(=O)c2ccccn2)CC1. The minimum absolute atomic E-state index is 0.0571. The van der Waals surface area contributed by atoms with Gasteiger partial charge in [0.15, 0.2) is 0 Å². The number of methoxy groups -OCH3 is 1. The second-order valence-corrected chi connectivity index (χ2v) is 4.36. The van der Waals surface area contributed by atoms with Crippen LogP contribution in [0.3, 0.4) is 0 Å². The standard InChI is InChI=1S/C13H17N3O3/c1-19-12(17)10-15-6-8-16(9-7-15)13(18)11-4-2-3-5-14-11/h2-5H,6-10H2,1H3. The van der Waals surface area contributed by atoms with Crippen molar-refractivity contribution < 1.29 is 14.3 Å². The Kier molecular flexibility index (Phi) is 4.46. The molecule has 1 aliphatic heterocycles. The molecule has 6 heteroatoms. The van der Waals surface area contributed by atoms with Crippen molar-refractivity contribution in [2.24, 2.45) is 0 Å². The molecule has 0 spiro atoms. The molecular weight excluding hydrogens is 246 g/mol. The fraction of sp³-hybridized carbons (Fsp3) is 0.462. The number of hydrogen-bond donors (Lipinski definition) is 0. The van der Waals surface area contributed by atoms with Gasteiger partial charge in [-0.25, -0.2) is 0 Å². The van der Waals surface area contributed by atoms with E-state index in [-0.39, 0.29) is 18.4 Å². The average molecular weight is 263 g/mol. The summed E-state index contributed by atoms with van der Waals surface area (Å²) in [5, 5.41) is 0. The van der Waals surface area contributed by atoms with Crippen molar-refractivity contribution in [2.45, 2.75) is 0 Å². The van der Waals surface area contributed by atoms with Crippen LogP contribution in [0.15, 0.2) is 24.4 Å². The highest BCUT2D eigenvalue weighted by Gasteiger charge is 2.23. The summed E-state index contributed by atoms with van der Waals surface area (Å²) in [7, 11) is 1.38. The lowest BCUT2D eigenvalue weighted by Gasteiger charge is -2.33. The molecule has 1 aliphatic rings. The number of aromatic nitrogens is 1. The van der Waals surface area contributed by atoms with Gasteiger partial charge in [-0.2, -0.15) is 0 Å². The van der Waals surface area contributed by atoms with Gasteiger partial charge in [-0.1, -0.05) is 6.07 Å². The van der Waals surface area contributed by atoms with Crippen molar-refractivity contribution in [3.63, 3.8) is 0 Å². The number of ether oxygens (including phenoxy) is 1. The van der Waals surface area contributed by atoms with Crippen LogP contribution in [0.1, 0.15) is 10.5 Å². The number of nitrogens with zero attached hydrogens (tertiary/aromatic N) is 3. The Balaban J connectivity index is 1.86.